The van der Waals surface area contributed by atoms with Crippen LogP contribution in [0.2, 0.25) is 0 Å². The van der Waals surface area contributed by atoms with Crippen LogP contribution in [0.15, 0.2) is 36.4 Å². The highest BCUT2D eigenvalue weighted by Gasteiger charge is 2.60. The van der Waals surface area contributed by atoms with Gasteiger partial charge in [-0.1, -0.05) is 24.3 Å². The first-order chi connectivity index (χ1) is 13.4. The molecule has 6 nitrogen and oxygen atoms in total. The molecule has 0 aromatic heterocycles. The third-order valence-electron chi connectivity index (χ3n) is 6.01. The molecular weight excluding hydrogens is 356 g/mol. The van der Waals surface area contributed by atoms with E-state index < -0.39 is 6.04 Å². The Morgan fingerprint density at radius 3 is 2.39 bits per heavy atom. The van der Waals surface area contributed by atoms with Gasteiger partial charge in [0.25, 0.3) is 0 Å². The molecule has 1 N–H and O–H groups in total. The van der Waals surface area contributed by atoms with E-state index in [-0.39, 0.29) is 47.5 Å². The number of amides is 3. The minimum Gasteiger partial charge on any atom is -0.491 e. The van der Waals surface area contributed by atoms with Crippen molar-refractivity contribution in [3.8, 4) is 5.75 Å². The SMILES string of the molecule is CC(C)Oc1cccc(CNC(=O)C(C)N2C(=O)C3C4C=CC(C4)C3C2=O)c1. The Balaban J connectivity index is 1.39. The number of carbonyl (C=O) groups is 3. The lowest BCUT2D eigenvalue weighted by Gasteiger charge is -2.24. The summed E-state index contributed by atoms with van der Waals surface area (Å²) in [6, 6.07) is 6.72. The molecule has 0 spiro atoms. The van der Waals surface area contributed by atoms with Gasteiger partial charge >= 0.3 is 0 Å². The molecule has 3 aliphatic rings. The Morgan fingerprint density at radius 2 is 1.79 bits per heavy atom. The first-order valence-electron chi connectivity index (χ1n) is 9.95. The van der Waals surface area contributed by atoms with Crippen LogP contribution in [0, 0.1) is 23.7 Å². The third kappa shape index (κ3) is 3.11. The second kappa shape index (κ2) is 7.08. The average molecular weight is 382 g/mol. The van der Waals surface area contributed by atoms with E-state index >= 15 is 0 Å². The van der Waals surface area contributed by atoms with E-state index in [1.54, 1.807) is 6.92 Å². The van der Waals surface area contributed by atoms with E-state index in [1.165, 1.54) is 4.90 Å². The fraction of sp³-hybridized carbons (Fsp3) is 0.500. The highest BCUT2D eigenvalue weighted by atomic mass is 16.5. The highest BCUT2D eigenvalue weighted by molar-refractivity contribution is 6.09. The molecule has 4 rings (SSSR count). The number of hydrogen-bond acceptors (Lipinski definition) is 4. The summed E-state index contributed by atoms with van der Waals surface area (Å²) in [4.78, 5) is 39.5. The summed E-state index contributed by atoms with van der Waals surface area (Å²) < 4.78 is 5.67. The van der Waals surface area contributed by atoms with Crippen LogP contribution in [0.4, 0.5) is 0 Å². The number of hydrogen-bond donors (Lipinski definition) is 1. The summed E-state index contributed by atoms with van der Waals surface area (Å²) in [6.07, 6.45) is 5.06. The van der Waals surface area contributed by atoms with Gasteiger partial charge in [-0.3, -0.25) is 19.3 Å². The second-order valence-electron chi connectivity index (χ2n) is 8.25. The normalized spacial score (nSPS) is 28.8. The molecule has 3 amide bonds. The monoisotopic (exact) mass is 382 g/mol. The summed E-state index contributed by atoms with van der Waals surface area (Å²) in [5.74, 6) is -0.215. The molecule has 1 aliphatic heterocycles. The van der Waals surface area contributed by atoms with Gasteiger partial charge in [-0.2, -0.15) is 0 Å². The van der Waals surface area contributed by atoms with Crippen LogP contribution in [0.3, 0.4) is 0 Å². The second-order valence-corrected chi connectivity index (χ2v) is 8.25. The Bertz CT molecular complexity index is 817. The summed E-state index contributed by atoms with van der Waals surface area (Å²) in [5, 5.41) is 2.84. The van der Waals surface area contributed by atoms with Crippen molar-refractivity contribution in [3.05, 3.63) is 42.0 Å². The smallest absolute Gasteiger partial charge is 0.243 e. The van der Waals surface area contributed by atoms with Gasteiger partial charge in [-0.05, 0) is 56.7 Å². The lowest BCUT2D eigenvalue weighted by molar-refractivity contribution is -0.148. The Labute approximate surface area is 164 Å². The van der Waals surface area contributed by atoms with Gasteiger partial charge in [0.2, 0.25) is 17.7 Å². The number of nitrogens with zero attached hydrogens (tertiary/aromatic N) is 1. The molecule has 6 heteroatoms. The predicted molar refractivity (Wildman–Crippen MR) is 103 cm³/mol. The zero-order chi connectivity index (χ0) is 20.0. The fourth-order valence-electron chi connectivity index (χ4n) is 4.76. The zero-order valence-electron chi connectivity index (χ0n) is 16.4. The van der Waals surface area contributed by atoms with E-state index in [4.69, 9.17) is 4.74 Å². The molecule has 28 heavy (non-hydrogen) atoms. The number of allylic oxidation sites excluding steroid dienone is 2. The predicted octanol–water partition coefficient (Wildman–Crippen LogP) is 2.29. The molecular formula is C22H26N2O4. The van der Waals surface area contributed by atoms with Crippen molar-refractivity contribution in [2.45, 2.75) is 45.9 Å². The highest BCUT2D eigenvalue weighted by Crippen LogP contribution is 2.52. The topological polar surface area (TPSA) is 75.7 Å². The molecule has 1 saturated carbocycles. The van der Waals surface area contributed by atoms with E-state index in [2.05, 4.69) is 17.5 Å². The Kier molecular flexibility index (Phi) is 4.73. The number of carbonyl (C=O) groups excluding carboxylic acids is 3. The van der Waals surface area contributed by atoms with E-state index in [9.17, 15) is 14.4 Å². The maximum atomic E-state index is 12.8. The first kappa shape index (κ1) is 18.7. The fourth-order valence-corrected chi connectivity index (χ4v) is 4.76. The molecule has 1 heterocycles. The molecule has 1 aromatic carbocycles. The van der Waals surface area contributed by atoms with Crippen LogP contribution in [-0.2, 0) is 20.9 Å². The van der Waals surface area contributed by atoms with Crippen molar-refractivity contribution in [2.75, 3.05) is 0 Å². The minimum absolute atomic E-state index is 0.0706. The van der Waals surface area contributed by atoms with E-state index in [1.807, 2.05) is 38.1 Å². The number of imide groups is 1. The summed E-state index contributed by atoms with van der Waals surface area (Å²) in [7, 11) is 0. The molecule has 1 aromatic rings. The third-order valence-corrected chi connectivity index (χ3v) is 6.01. The Morgan fingerprint density at radius 1 is 1.14 bits per heavy atom. The summed E-state index contributed by atoms with van der Waals surface area (Å²) in [6.45, 7) is 5.85. The molecule has 2 bridgehead atoms. The zero-order valence-corrected chi connectivity index (χ0v) is 16.4. The first-order valence-corrected chi connectivity index (χ1v) is 9.95. The van der Waals surface area contributed by atoms with Crippen LogP contribution in [0.1, 0.15) is 32.8 Å². The lowest BCUT2D eigenvalue weighted by atomic mass is 9.85. The number of benzene rings is 1. The van der Waals surface area contributed by atoms with E-state index in [0.29, 0.717) is 6.54 Å². The molecule has 0 radical (unpaired) electrons. The maximum absolute atomic E-state index is 12.8. The molecule has 2 fully saturated rings. The Hall–Kier alpha value is -2.63. The quantitative estimate of drug-likeness (QED) is 0.605. The van der Waals surface area contributed by atoms with E-state index in [0.717, 1.165) is 17.7 Å². The van der Waals surface area contributed by atoms with Gasteiger partial charge < -0.3 is 10.1 Å². The largest absolute Gasteiger partial charge is 0.491 e. The average Bonchev–Trinajstić information content (AvgIpc) is 3.33. The molecule has 148 valence electrons. The van der Waals surface area contributed by atoms with Gasteiger partial charge in [-0.15, -0.1) is 0 Å². The lowest BCUT2D eigenvalue weighted by Crippen LogP contribution is -2.48. The standard InChI is InChI=1S/C22H26N2O4/c1-12(2)28-17-6-4-5-14(9-17)11-23-20(25)13(3)24-21(26)18-15-7-8-16(10-15)19(18)22(24)27/h4-9,12-13,15-16,18-19H,10-11H2,1-3H3,(H,23,25). The molecule has 5 atom stereocenters. The van der Waals surface area contributed by atoms with Gasteiger partial charge in [0, 0.05) is 6.54 Å². The number of nitrogens with one attached hydrogen (secondary N) is 1. The number of rotatable bonds is 6. The number of likely N-dealkylation sites (tertiary alicyclic amines) is 1. The van der Waals surface area contributed by atoms with Gasteiger partial charge in [-0.25, -0.2) is 0 Å². The number of ether oxygens (including phenoxy) is 1. The van der Waals surface area contributed by atoms with Gasteiger partial charge in [0.15, 0.2) is 0 Å². The van der Waals surface area contributed by atoms with Crippen molar-refractivity contribution in [3.63, 3.8) is 0 Å². The van der Waals surface area contributed by atoms with Crippen molar-refractivity contribution in [2.24, 2.45) is 23.7 Å². The summed E-state index contributed by atoms with van der Waals surface area (Å²) in [5.41, 5.74) is 0.900. The van der Waals surface area contributed by atoms with Crippen molar-refractivity contribution >= 4 is 17.7 Å². The molecule has 5 unspecified atom stereocenters. The molecule has 1 saturated heterocycles. The van der Waals surface area contributed by atoms with Gasteiger partial charge in [0.05, 0.1) is 17.9 Å². The van der Waals surface area contributed by atoms with Crippen molar-refractivity contribution in [1.82, 2.24) is 10.2 Å². The van der Waals surface area contributed by atoms with Crippen molar-refractivity contribution < 1.29 is 19.1 Å². The number of fused-ring (bicyclic) bond motifs is 5. The maximum Gasteiger partial charge on any atom is 0.243 e. The van der Waals surface area contributed by atoms with Crippen LogP contribution < -0.4 is 10.1 Å². The minimum atomic E-state index is -0.805. The van der Waals surface area contributed by atoms with Crippen LogP contribution in [0.5, 0.6) is 5.75 Å². The van der Waals surface area contributed by atoms with Crippen LogP contribution in [0.25, 0.3) is 0 Å². The van der Waals surface area contributed by atoms with Crippen LogP contribution in [-0.4, -0.2) is 34.8 Å². The van der Waals surface area contributed by atoms with Crippen LogP contribution >= 0.6 is 0 Å². The summed E-state index contributed by atoms with van der Waals surface area (Å²) >= 11 is 0. The van der Waals surface area contributed by atoms with Gasteiger partial charge in [0.1, 0.15) is 11.8 Å². The molecule has 2 aliphatic carbocycles. The van der Waals surface area contributed by atoms with Crippen molar-refractivity contribution in [1.29, 1.82) is 0 Å².